The lowest BCUT2D eigenvalue weighted by Gasteiger charge is -2.31. The Morgan fingerprint density at radius 2 is 1.53 bits per heavy atom. The summed E-state index contributed by atoms with van der Waals surface area (Å²) in [7, 11) is 0. The molecule has 32 heavy (non-hydrogen) atoms. The summed E-state index contributed by atoms with van der Waals surface area (Å²) < 4.78 is 17.1. The lowest BCUT2D eigenvalue weighted by atomic mass is 10.1. The summed E-state index contributed by atoms with van der Waals surface area (Å²) in [6.45, 7) is 5.29. The second kappa shape index (κ2) is 10.6. The van der Waals surface area contributed by atoms with E-state index in [9.17, 15) is 14.7 Å². The molecule has 1 fully saturated rings. The molecule has 0 aromatic heterocycles. The van der Waals surface area contributed by atoms with Crippen molar-refractivity contribution in [2.75, 3.05) is 6.61 Å². The second-order valence-electron chi connectivity index (χ2n) is 8.82. The number of benzene rings is 2. The summed E-state index contributed by atoms with van der Waals surface area (Å²) >= 11 is 0. The number of hydrogen-bond acceptors (Lipinski definition) is 6. The smallest absolute Gasteiger partial charge is 0.411 e. The maximum atomic E-state index is 13.0. The zero-order chi connectivity index (χ0) is 23.1. The van der Waals surface area contributed by atoms with Crippen molar-refractivity contribution in [1.82, 2.24) is 4.90 Å². The van der Waals surface area contributed by atoms with Crippen LogP contribution in [-0.4, -0.2) is 52.5 Å². The Morgan fingerprint density at radius 1 is 0.969 bits per heavy atom. The van der Waals surface area contributed by atoms with Crippen molar-refractivity contribution in [2.24, 2.45) is 0 Å². The van der Waals surface area contributed by atoms with Crippen LogP contribution in [0.25, 0.3) is 0 Å². The molecule has 0 unspecified atom stereocenters. The summed E-state index contributed by atoms with van der Waals surface area (Å²) in [5.41, 5.74) is 1.06. The van der Waals surface area contributed by atoms with Gasteiger partial charge in [0.05, 0.1) is 25.4 Å². The standard InChI is InChI=1S/C25H31NO6/c1-25(2,3)32-24(29)26-20(23(28)31-17-19-12-8-5-9-13-19)14-22(21(26)15-27)30-16-18-10-6-4-7-11-18/h4-13,20-22,27H,14-17H2,1-3H3/t20-,21+,22-/m0/s1. The molecule has 1 saturated heterocycles. The quantitative estimate of drug-likeness (QED) is 0.660. The summed E-state index contributed by atoms with van der Waals surface area (Å²) in [6.07, 6.45) is -1.00. The van der Waals surface area contributed by atoms with Gasteiger partial charge in [-0.2, -0.15) is 0 Å². The fraction of sp³-hybridized carbons (Fsp3) is 0.440. The third kappa shape index (κ3) is 6.31. The minimum Gasteiger partial charge on any atom is -0.459 e. The predicted octanol–water partition coefficient (Wildman–Crippen LogP) is 3.69. The first kappa shape index (κ1) is 23.8. The van der Waals surface area contributed by atoms with Crippen molar-refractivity contribution < 1.29 is 28.9 Å². The summed E-state index contributed by atoms with van der Waals surface area (Å²) in [5.74, 6) is -0.552. The van der Waals surface area contributed by atoms with Gasteiger partial charge >= 0.3 is 12.1 Å². The van der Waals surface area contributed by atoms with Crippen molar-refractivity contribution in [3.8, 4) is 0 Å². The molecule has 0 spiro atoms. The molecular formula is C25H31NO6. The third-order valence-corrected chi connectivity index (χ3v) is 5.17. The van der Waals surface area contributed by atoms with E-state index in [-0.39, 0.29) is 19.6 Å². The number of esters is 1. The van der Waals surface area contributed by atoms with Gasteiger partial charge in [-0.1, -0.05) is 60.7 Å². The molecule has 0 bridgehead atoms. The van der Waals surface area contributed by atoms with E-state index in [0.29, 0.717) is 6.61 Å². The van der Waals surface area contributed by atoms with Crippen LogP contribution >= 0.6 is 0 Å². The van der Waals surface area contributed by atoms with E-state index in [2.05, 4.69) is 0 Å². The minimum atomic E-state index is -0.911. The van der Waals surface area contributed by atoms with Crippen LogP contribution in [0.1, 0.15) is 38.3 Å². The number of nitrogens with zero attached hydrogens (tertiary/aromatic N) is 1. The van der Waals surface area contributed by atoms with E-state index in [0.717, 1.165) is 11.1 Å². The number of amides is 1. The molecule has 0 aliphatic carbocycles. The molecule has 1 aliphatic heterocycles. The first-order chi connectivity index (χ1) is 15.3. The van der Waals surface area contributed by atoms with Crippen LogP contribution in [0.5, 0.6) is 0 Å². The fourth-order valence-corrected chi connectivity index (χ4v) is 3.68. The Labute approximate surface area is 188 Å². The maximum absolute atomic E-state index is 13.0. The molecule has 1 aliphatic rings. The van der Waals surface area contributed by atoms with Crippen molar-refractivity contribution >= 4 is 12.1 Å². The normalized spacial score (nSPS) is 20.8. The van der Waals surface area contributed by atoms with Crippen LogP contribution in [0.4, 0.5) is 4.79 Å². The molecule has 7 nitrogen and oxygen atoms in total. The second-order valence-corrected chi connectivity index (χ2v) is 8.82. The van der Waals surface area contributed by atoms with E-state index in [4.69, 9.17) is 14.2 Å². The highest BCUT2D eigenvalue weighted by atomic mass is 16.6. The van der Waals surface area contributed by atoms with Crippen molar-refractivity contribution in [1.29, 1.82) is 0 Å². The molecule has 2 aromatic carbocycles. The molecule has 0 saturated carbocycles. The van der Waals surface area contributed by atoms with E-state index in [1.54, 1.807) is 20.8 Å². The van der Waals surface area contributed by atoms with E-state index in [1.807, 2.05) is 60.7 Å². The molecule has 3 atom stereocenters. The Bertz CT molecular complexity index is 880. The Hall–Kier alpha value is -2.90. The SMILES string of the molecule is CC(C)(C)OC(=O)N1[C@H](CO)[C@@H](OCc2ccccc2)C[C@H]1C(=O)OCc1ccccc1. The average molecular weight is 442 g/mol. The number of aliphatic hydroxyl groups excluding tert-OH is 1. The topological polar surface area (TPSA) is 85.3 Å². The van der Waals surface area contributed by atoms with E-state index in [1.165, 1.54) is 4.90 Å². The molecule has 1 heterocycles. The molecule has 1 N–H and O–H groups in total. The lowest BCUT2D eigenvalue weighted by Crippen LogP contribution is -2.50. The van der Waals surface area contributed by atoms with Gasteiger partial charge in [-0.25, -0.2) is 9.59 Å². The number of carbonyl (C=O) groups excluding carboxylic acids is 2. The summed E-state index contributed by atoms with van der Waals surface area (Å²) in [5, 5.41) is 10.1. The number of rotatable bonds is 7. The van der Waals surface area contributed by atoms with Crippen LogP contribution < -0.4 is 0 Å². The fourth-order valence-electron chi connectivity index (χ4n) is 3.68. The zero-order valence-corrected chi connectivity index (χ0v) is 18.8. The van der Waals surface area contributed by atoms with Crippen LogP contribution in [0.3, 0.4) is 0 Å². The van der Waals surface area contributed by atoms with E-state index < -0.39 is 35.9 Å². The zero-order valence-electron chi connectivity index (χ0n) is 18.8. The number of aliphatic hydroxyl groups is 1. The molecule has 172 valence electrons. The molecule has 1 amide bonds. The molecule has 0 radical (unpaired) electrons. The Kier molecular flexibility index (Phi) is 7.88. The van der Waals surface area contributed by atoms with Gasteiger partial charge in [-0.15, -0.1) is 0 Å². The van der Waals surface area contributed by atoms with Crippen molar-refractivity contribution in [3.63, 3.8) is 0 Å². The number of ether oxygens (including phenoxy) is 3. The average Bonchev–Trinajstić information content (AvgIpc) is 3.15. The highest BCUT2D eigenvalue weighted by Crippen LogP contribution is 2.31. The van der Waals surface area contributed by atoms with Crippen LogP contribution in [-0.2, 0) is 32.2 Å². The summed E-state index contributed by atoms with van der Waals surface area (Å²) in [6, 6.07) is 17.3. The first-order valence-corrected chi connectivity index (χ1v) is 10.8. The van der Waals surface area contributed by atoms with Crippen LogP contribution in [0.2, 0.25) is 0 Å². The number of likely N-dealkylation sites (tertiary alicyclic amines) is 1. The van der Waals surface area contributed by atoms with Gasteiger partial charge in [0.2, 0.25) is 0 Å². The van der Waals surface area contributed by atoms with Gasteiger partial charge in [0, 0.05) is 6.42 Å². The highest BCUT2D eigenvalue weighted by molar-refractivity contribution is 5.83. The van der Waals surface area contributed by atoms with Crippen LogP contribution in [0.15, 0.2) is 60.7 Å². The highest BCUT2D eigenvalue weighted by Gasteiger charge is 2.49. The predicted molar refractivity (Wildman–Crippen MR) is 119 cm³/mol. The van der Waals surface area contributed by atoms with Gasteiger partial charge in [0.15, 0.2) is 0 Å². The number of hydrogen-bond donors (Lipinski definition) is 1. The Morgan fingerprint density at radius 3 is 2.06 bits per heavy atom. The lowest BCUT2D eigenvalue weighted by molar-refractivity contribution is -0.150. The monoisotopic (exact) mass is 441 g/mol. The minimum absolute atomic E-state index is 0.0949. The first-order valence-electron chi connectivity index (χ1n) is 10.8. The van der Waals surface area contributed by atoms with Gasteiger partial charge < -0.3 is 19.3 Å². The molecule has 7 heteroatoms. The third-order valence-electron chi connectivity index (χ3n) is 5.17. The van der Waals surface area contributed by atoms with Crippen molar-refractivity contribution in [2.45, 2.75) is 64.2 Å². The molecule has 3 rings (SSSR count). The van der Waals surface area contributed by atoms with Gasteiger partial charge in [0.25, 0.3) is 0 Å². The van der Waals surface area contributed by atoms with Crippen molar-refractivity contribution in [3.05, 3.63) is 71.8 Å². The maximum Gasteiger partial charge on any atom is 0.411 e. The largest absolute Gasteiger partial charge is 0.459 e. The van der Waals surface area contributed by atoms with Gasteiger partial charge in [-0.05, 0) is 31.9 Å². The van der Waals surface area contributed by atoms with Gasteiger partial charge in [0.1, 0.15) is 18.2 Å². The van der Waals surface area contributed by atoms with Gasteiger partial charge in [-0.3, -0.25) is 4.90 Å². The molecular weight excluding hydrogens is 410 g/mol. The molecule has 2 aromatic rings. The number of carbonyl (C=O) groups is 2. The summed E-state index contributed by atoms with van der Waals surface area (Å²) in [4.78, 5) is 27.2. The Balaban J connectivity index is 1.75. The van der Waals surface area contributed by atoms with Crippen LogP contribution in [0, 0.1) is 0 Å². The van der Waals surface area contributed by atoms with E-state index >= 15 is 0 Å².